The molecule has 0 atom stereocenters. The molecule has 1 heterocycles. The summed E-state index contributed by atoms with van der Waals surface area (Å²) in [5, 5.41) is 3.66. The highest BCUT2D eigenvalue weighted by molar-refractivity contribution is 9.10. The van der Waals surface area contributed by atoms with Crippen LogP contribution in [0, 0.1) is 0 Å². The summed E-state index contributed by atoms with van der Waals surface area (Å²) in [5.41, 5.74) is 7.26. The van der Waals surface area contributed by atoms with Crippen LogP contribution in [0.3, 0.4) is 0 Å². The van der Waals surface area contributed by atoms with Crippen LogP contribution >= 0.6 is 15.9 Å². The maximum absolute atomic E-state index is 6.05. The van der Waals surface area contributed by atoms with Gasteiger partial charge in [-0.05, 0) is 51.0 Å². The van der Waals surface area contributed by atoms with Gasteiger partial charge >= 0.3 is 0 Å². The van der Waals surface area contributed by atoms with Crippen molar-refractivity contribution in [1.29, 1.82) is 0 Å². The van der Waals surface area contributed by atoms with Gasteiger partial charge in [-0.2, -0.15) is 0 Å². The highest BCUT2D eigenvalue weighted by Crippen LogP contribution is 2.27. The van der Waals surface area contributed by atoms with Crippen LogP contribution in [0.1, 0.15) is 26.7 Å². The Bertz CT molecular complexity index is 394. The summed E-state index contributed by atoms with van der Waals surface area (Å²) in [7, 11) is 0. The number of likely N-dealkylation sites (tertiary alicyclic amines) is 1. The predicted octanol–water partition coefficient (Wildman–Crippen LogP) is 3.06. The van der Waals surface area contributed by atoms with Gasteiger partial charge in [0.2, 0.25) is 0 Å². The molecule has 0 aliphatic carbocycles. The average molecular weight is 326 g/mol. The first kappa shape index (κ1) is 14.8. The van der Waals surface area contributed by atoms with Gasteiger partial charge in [0.25, 0.3) is 0 Å². The molecule has 1 aromatic rings. The summed E-state index contributed by atoms with van der Waals surface area (Å²) in [5.74, 6) is 0. The Kier molecular flexibility index (Phi) is 4.87. The molecule has 1 saturated heterocycles. The fraction of sp³-hybridized carbons (Fsp3) is 0.600. The fourth-order valence-electron chi connectivity index (χ4n) is 2.69. The quantitative estimate of drug-likeness (QED) is 0.893. The van der Waals surface area contributed by atoms with Crippen LogP contribution in [0.4, 0.5) is 5.69 Å². The summed E-state index contributed by atoms with van der Waals surface area (Å²) >= 11 is 3.47. The first-order valence-electron chi connectivity index (χ1n) is 7.02. The van der Waals surface area contributed by atoms with E-state index in [-0.39, 0.29) is 5.54 Å². The highest BCUT2D eigenvalue weighted by Gasteiger charge is 2.33. The lowest BCUT2D eigenvalue weighted by Crippen LogP contribution is -2.54. The number of piperidine rings is 1. The molecule has 0 amide bonds. The highest BCUT2D eigenvalue weighted by atomic mass is 79.9. The normalized spacial score (nSPS) is 19.6. The number of anilines is 1. The van der Waals surface area contributed by atoms with Crippen molar-refractivity contribution >= 4 is 21.6 Å². The number of halogens is 1. The van der Waals surface area contributed by atoms with Crippen molar-refractivity contribution in [3.8, 4) is 0 Å². The molecule has 0 spiro atoms. The molecular weight excluding hydrogens is 302 g/mol. The Hall–Kier alpha value is -0.580. The summed E-state index contributed by atoms with van der Waals surface area (Å²) in [4.78, 5) is 2.52. The van der Waals surface area contributed by atoms with E-state index in [2.05, 4.69) is 64.3 Å². The van der Waals surface area contributed by atoms with Crippen LogP contribution in [-0.2, 0) is 0 Å². The molecule has 3 N–H and O–H groups in total. The minimum absolute atomic E-state index is 0.0548. The summed E-state index contributed by atoms with van der Waals surface area (Å²) in [6.45, 7) is 7.46. The lowest BCUT2D eigenvalue weighted by atomic mass is 9.86. The van der Waals surface area contributed by atoms with Crippen LogP contribution < -0.4 is 11.1 Å². The Balaban J connectivity index is 2.02. The molecule has 0 saturated carbocycles. The molecule has 3 nitrogen and oxygen atoms in total. The third-order valence-corrected chi connectivity index (χ3v) is 4.66. The largest absolute Gasteiger partial charge is 0.378 e. The van der Waals surface area contributed by atoms with Gasteiger partial charge in [-0.1, -0.05) is 15.9 Å². The molecule has 0 aromatic heterocycles. The molecule has 0 unspecified atom stereocenters. The van der Waals surface area contributed by atoms with E-state index in [1.54, 1.807) is 0 Å². The van der Waals surface area contributed by atoms with Gasteiger partial charge in [0, 0.05) is 35.8 Å². The van der Waals surface area contributed by atoms with Gasteiger partial charge in [-0.3, -0.25) is 0 Å². The molecule has 4 heteroatoms. The van der Waals surface area contributed by atoms with Crippen molar-refractivity contribution in [2.45, 2.75) is 38.3 Å². The SMILES string of the molecule is CC(C)N1CCC(CN)(Nc2ccc(Br)cc2)CC1. The Morgan fingerprint density at radius 1 is 1.26 bits per heavy atom. The van der Waals surface area contributed by atoms with Crippen molar-refractivity contribution in [2.75, 3.05) is 25.0 Å². The number of hydrogen-bond acceptors (Lipinski definition) is 3. The maximum Gasteiger partial charge on any atom is 0.0520 e. The first-order valence-corrected chi connectivity index (χ1v) is 7.82. The van der Waals surface area contributed by atoms with Crippen molar-refractivity contribution in [3.63, 3.8) is 0 Å². The van der Waals surface area contributed by atoms with Crippen molar-refractivity contribution in [2.24, 2.45) is 5.73 Å². The zero-order valence-electron chi connectivity index (χ0n) is 11.8. The van der Waals surface area contributed by atoms with E-state index in [4.69, 9.17) is 5.73 Å². The molecule has 106 valence electrons. The van der Waals surface area contributed by atoms with E-state index in [0.717, 1.165) is 36.1 Å². The molecule has 1 aliphatic rings. The number of nitrogens with two attached hydrogens (primary N) is 1. The topological polar surface area (TPSA) is 41.3 Å². The second kappa shape index (κ2) is 6.25. The number of nitrogens with one attached hydrogen (secondary N) is 1. The van der Waals surface area contributed by atoms with Crippen molar-refractivity contribution in [1.82, 2.24) is 4.90 Å². The van der Waals surface area contributed by atoms with Crippen molar-refractivity contribution < 1.29 is 0 Å². The van der Waals surface area contributed by atoms with E-state index in [1.807, 2.05) is 0 Å². The Morgan fingerprint density at radius 3 is 2.32 bits per heavy atom. The Labute approximate surface area is 124 Å². The van der Waals surface area contributed by atoms with Crippen LogP contribution in [0.5, 0.6) is 0 Å². The second-order valence-corrected chi connectivity index (χ2v) is 6.66. The molecule has 19 heavy (non-hydrogen) atoms. The summed E-state index contributed by atoms with van der Waals surface area (Å²) in [6, 6.07) is 8.97. The van der Waals surface area contributed by atoms with Crippen LogP contribution in [0.25, 0.3) is 0 Å². The molecule has 1 aromatic carbocycles. The van der Waals surface area contributed by atoms with Gasteiger partial charge in [-0.15, -0.1) is 0 Å². The van der Waals surface area contributed by atoms with Crippen molar-refractivity contribution in [3.05, 3.63) is 28.7 Å². The van der Waals surface area contributed by atoms with Gasteiger partial charge in [0.1, 0.15) is 0 Å². The van der Waals surface area contributed by atoms with E-state index in [1.165, 1.54) is 0 Å². The number of benzene rings is 1. The van der Waals surface area contributed by atoms with E-state index in [0.29, 0.717) is 12.6 Å². The smallest absolute Gasteiger partial charge is 0.0520 e. The van der Waals surface area contributed by atoms with Gasteiger partial charge in [0.15, 0.2) is 0 Å². The zero-order chi connectivity index (χ0) is 13.9. The molecule has 0 bridgehead atoms. The van der Waals surface area contributed by atoms with Crippen LogP contribution in [0.2, 0.25) is 0 Å². The van der Waals surface area contributed by atoms with E-state index >= 15 is 0 Å². The predicted molar refractivity (Wildman–Crippen MR) is 85.5 cm³/mol. The molecule has 1 fully saturated rings. The molecule has 2 rings (SSSR count). The fourth-order valence-corrected chi connectivity index (χ4v) is 2.95. The number of hydrogen-bond donors (Lipinski definition) is 2. The zero-order valence-corrected chi connectivity index (χ0v) is 13.4. The number of rotatable bonds is 4. The molecular formula is C15H24BrN3. The minimum Gasteiger partial charge on any atom is -0.378 e. The third kappa shape index (κ3) is 3.71. The lowest BCUT2D eigenvalue weighted by molar-refractivity contribution is 0.144. The maximum atomic E-state index is 6.05. The van der Waals surface area contributed by atoms with E-state index < -0.39 is 0 Å². The first-order chi connectivity index (χ1) is 9.04. The van der Waals surface area contributed by atoms with Gasteiger partial charge in [0.05, 0.1) is 5.54 Å². The number of nitrogens with zero attached hydrogens (tertiary/aromatic N) is 1. The summed E-state index contributed by atoms with van der Waals surface area (Å²) in [6.07, 6.45) is 2.22. The molecule has 1 aliphatic heterocycles. The van der Waals surface area contributed by atoms with Crippen LogP contribution in [-0.4, -0.2) is 36.1 Å². The lowest BCUT2D eigenvalue weighted by Gasteiger charge is -2.43. The summed E-state index contributed by atoms with van der Waals surface area (Å²) < 4.78 is 1.11. The van der Waals surface area contributed by atoms with E-state index in [9.17, 15) is 0 Å². The second-order valence-electron chi connectivity index (χ2n) is 5.75. The average Bonchev–Trinajstić information content (AvgIpc) is 2.42. The van der Waals surface area contributed by atoms with Crippen LogP contribution in [0.15, 0.2) is 28.7 Å². The monoisotopic (exact) mass is 325 g/mol. The third-order valence-electron chi connectivity index (χ3n) is 4.13. The standard InChI is InChI=1S/C15H24BrN3/c1-12(2)19-9-7-15(11-17,8-10-19)18-14-5-3-13(16)4-6-14/h3-6,12,18H,7-11,17H2,1-2H3. The Morgan fingerprint density at radius 2 is 1.84 bits per heavy atom. The van der Waals surface area contributed by atoms with Gasteiger partial charge in [-0.25, -0.2) is 0 Å². The van der Waals surface area contributed by atoms with Gasteiger partial charge < -0.3 is 16.0 Å². The molecule has 0 radical (unpaired) electrons. The minimum atomic E-state index is 0.0548.